The van der Waals surface area contributed by atoms with E-state index in [1.807, 2.05) is 12.1 Å². The Kier molecular flexibility index (Phi) is 5.76. The fourth-order valence-corrected chi connectivity index (χ4v) is 3.92. The molecule has 1 aromatic carbocycles. The first kappa shape index (κ1) is 15.4. The van der Waals surface area contributed by atoms with E-state index in [4.69, 9.17) is 23.2 Å². The van der Waals surface area contributed by atoms with E-state index in [2.05, 4.69) is 44.9 Å². The van der Waals surface area contributed by atoms with Gasteiger partial charge in [0, 0.05) is 21.6 Å². The predicted octanol–water partition coefficient (Wildman–Crippen LogP) is 5.86. The van der Waals surface area contributed by atoms with Gasteiger partial charge in [0.25, 0.3) is 0 Å². The lowest BCUT2D eigenvalue weighted by atomic mass is 9.79. The molecule has 0 aliphatic carbocycles. The first-order valence-electron chi connectivity index (χ1n) is 6.09. The number of alkyl halides is 2. The van der Waals surface area contributed by atoms with Crippen molar-refractivity contribution in [2.24, 2.45) is 0 Å². The third kappa shape index (κ3) is 3.75. The molecule has 0 bridgehead atoms. The van der Waals surface area contributed by atoms with Gasteiger partial charge < -0.3 is 0 Å². The van der Waals surface area contributed by atoms with Crippen LogP contribution < -0.4 is 0 Å². The Bertz CT molecular complexity index is 489. The summed E-state index contributed by atoms with van der Waals surface area (Å²) in [5, 5.41) is 4.30. The molecule has 2 rings (SSSR count). The lowest BCUT2D eigenvalue weighted by Gasteiger charge is -2.30. The van der Waals surface area contributed by atoms with E-state index in [9.17, 15) is 0 Å². The zero-order valence-corrected chi connectivity index (χ0v) is 14.3. The summed E-state index contributed by atoms with van der Waals surface area (Å²) in [4.78, 5) is 0. The van der Waals surface area contributed by atoms with Crippen molar-refractivity contribution in [2.75, 3.05) is 11.8 Å². The van der Waals surface area contributed by atoms with E-state index in [0.29, 0.717) is 11.8 Å². The normalized spacial score (nSPS) is 11.7. The fraction of sp³-hybridized carbons (Fsp3) is 0.333. The van der Waals surface area contributed by atoms with E-state index in [0.717, 1.165) is 17.3 Å². The van der Waals surface area contributed by atoms with Gasteiger partial charge in [0.1, 0.15) is 0 Å². The summed E-state index contributed by atoms with van der Waals surface area (Å²) in [6, 6.07) is 10.5. The van der Waals surface area contributed by atoms with Crippen LogP contribution in [0.25, 0.3) is 0 Å². The van der Waals surface area contributed by atoms with Crippen molar-refractivity contribution < 1.29 is 0 Å². The van der Waals surface area contributed by atoms with Crippen molar-refractivity contribution in [1.29, 1.82) is 0 Å². The highest BCUT2D eigenvalue weighted by Gasteiger charge is 2.30. The Morgan fingerprint density at radius 3 is 2.26 bits per heavy atom. The molecule has 19 heavy (non-hydrogen) atoms. The van der Waals surface area contributed by atoms with Gasteiger partial charge in [-0.2, -0.15) is 11.3 Å². The minimum Gasteiger partial charge on any atom is -0.152 e. The summed E-state index contributed by atoms with van der Waals surface area (Å²) in [7, 11) is 0. The first-order valence-corrected chi connectivity index (χ1v) is 8.90. The number of aryl methyl sites for hydroxylation is 1. The molecule has 0 aliphatic heterocycles. The Labute approximate surface area is 136 Å². The van der Waals surface area contributed by atoms with Gasteiger partial charge in [0.15, 0.2) is 0 Å². The second kappa shape index (κ2) is 7.12. The Morgan fingerprint density at radius 1 is 1.05 bits per heavy atom. The molecule has 0 unspecified atom stereocenters. The average molecular weight is 378 g/mol. The molecule has 0 radical (unpaired) electrons. The molecule has 1 heterocycles. The van der Waals surface area contributed by atoms with Gasteiger partial charge in [-0.25, -0.2) is 0 Å². The molecule has 0 saturated carbocycles. The second-order valence-corrected chi connectivity index (χ2v) is 6.92. The summed E-state index contributed by atoms with van der Waals surface area (Å²) in [5.74, 6) is 1.09. The third-order valence-electron chi connectivity index (χ3n) is 3.44. The van der Waals surface area contributed by atoms with E-state index >= 15 is 0 Å². The Morgan fingerprint density at radius 2 is 1.74 bits per heavy atom. The summed E-state index contributed by atoms with van der Waals surface area (Å²) in [6.07, 6.45) is 1.98. The molecule has 0 N–H and O–H groups in total. The molecule has 0 nitrogen and oxygen atoms in total. The van der Waals surface area contributed by atoms with Crippen LogP contribution in [0, 0.1) is 0 Å². The quantitative estimate of drug-likeness (QED) is 0.553. The third-order valence-corrected chi connectivity index (χ3v) is 5.72. The van der Waals surface area contributed by atoms with Crippen molar-refractivity contribution in [3.8, 4) is 0 Å². The van der Waals surface area contributed by atoms with Gasteiger partial charge in [-0.1, -0.05) is 28.1 Å². The molecule has 0 atom stereocenters. The van der Waals surface area contributed by atoms with Crippen molar-refractivity contribution in [3.05, 3.63) is 56.7 Å². The van der Waals surface area contributed by atoms with Gasteiger partial charge in [-0.15, -0.1) is 23.2 Å². The van der Waals surface area contributed by atoms with E-state index in [-0.39, 0.29) is 5.41 Å². The van der Waals surface area contributed by atoms with Gasteiger partial charge >= 0.3 is 0 Å². The van der Waals surface area contributed by atoms with E-state index < -0.39 is 0 Å². The standard InChI is InChI=1S/C15H15BrCl2S/c16-14-3-1-13(2-4-14)15(10-17,11-18)7-5-12-6-8-19-9-12/h1-4,6,8-9H,5,7,10-11H2. The number of hydrogen-bond acceptors (Lipinski definition) is 1. The molecule has 0 aliphatic rings. The molecule has 102 valence electrons. The van der Waals surface area contributed by atoms with E-state index in [1.165, 1.54) is 11.1 Å². The van der Waals surface area contributed by atoms with Crippen molar-refractivity contribution in [2.45, 2.75) is 18.3 Å². The summed E-state index contributed by atoms with van der Waals surface area (Å²) < 4.78 is 1.08. The Balaban J connectivity index is 2.19. The minimum absolute atomic E-state index is 0.147. The van der Waals surface area contributed by atoms with Gasteiger partial charge in [0.05, 0.1) is 0 Å². The van der Waals surface area contributed by atoms with Crippen LogP contribution in [0.4, 0.5) is 0 Å². The second-order valence-electron chi connectivity index (χ2n) is 4.69. The van der Waals surface area contributed by atoms with Crippen LogP contribution in [0.5, 0.6) is 0 Å². The van der Waals surface area contributed by atoms with E-state index in [1.54, 1.807) is 11.3 Å². The van der Waals surface area contributed by atoms with Crippen LogP contribution in [0.15, 0.2) is 45.6 Å². The zero-order chi connectivity index (χ0) is 13.7. The minimum atomic E-state index is -0.147. The average Bonchev–Trinajstić information content (AvgIpc) is 2.95. The van der Waals surface area contributed by atoms with Crippen molar-refractivity contribution in [1.82, 2.24) is 0 Å². The van der Waals surface area contributed by atoms with Crippen LogP contribution in [-0.4, -0.2) is 11.8 Å². The predicted molar refractivity (Wildman–Crippen MR) is 89.9 cm³/mol. The lowest BCUT2D eigenvalue weighted by molar-refractivity contribution is 0.493. The van der Waals surface area contributed by atoms with Crippen molar-refractivity contribution >= 4 is 50.5 Å². The maximum atomic E-state index is 6.25. The maximum absolute atomic E-state index is 6.25. The maximum Gasteiger partial charge on any atom is 0.0332 e. The highest BCUT2D eigenvalue weighted by Crippen LogP contribution is 2.33. The van der Waals surface area contributed by atoms with Crippen molar-refractivity contribution in [3.63, 3.8) is 0 Å². The number of thiophene rings is 1. The first-order chi connectivity index (χ1) is 9.20. The smallest absolute Gasteiger partial charge is 0.0332 e. The number of rotatable bonds is 6. The van der Waals surface area contributed by atoms with Gasteiger partial charge in [-0.05, 0) is 52.9 Å². The highest BCUT2D eigenvalue weighted by atomic mass is 79.9. The largest absolute Gasteiger partial charge is 0.152 e. The SMILES string of the molecule is ClCC(CCl)(CCc1ccsc1)c1ccc(Br)cc1. The molecule has 4 heteroatoms. The van der Waals surface area contributed by atoms with Crippen LogP contribution in [0.2, 0.25) is 0 Å². The molecule has 0 saturated heterocycles. The number of halogens is 3. The van der Waals surface area contributed by atoms with Gasteiger partial charge in [0.2, 0.25) is 0 Å². The molecule has 2 aromatic rings. The lowest BCUT2D eigenvalue weighted by Crippen LogP contribution is -2.31. The fourth-order valence-electron chi connectivity index (χ4n) is 2.09. The monoisotopic (exact) mass is 376 g/mol. The molecule has 1 aromatic heterocycles. The van der Waals surface area contributed by atoms with Gasteiger partial charge in [-0.3, -0.25) is 0 Å². The number of hydrogen-bond donors (Lipinski definition) is 0. The summed E-state index contributed by atoms with van der Waals surface area (Å²) in [5.41, 5.74) is 2.43. The van der Waals surface area contributed by atoms with Crippen LogP contribution in [-0.2, 0) is 11.8 Å². The zero-order valence-electron chi connectivity index (χ0n) is 10.4. The highest BCUT2D eigenvalue weighted by molar-refractivity contribution is 9.10. The number of benzene rings is 1. The molecule has 0 fully saturated rings. The molecule has 0 amide bonds. The summed E-state index contributed by atoms with van der Waals surface area (Å²) in [6.45, 7) is 0. The van der Waals surface area contributed by atoms with Crippen LogP contribution in [0.3, 0.4) is 0 Å². The molecule has 0 spiro atoms. The summed E-state index contributed by atoms with van der Waals surface area (Å²) >= 11 is 17.7. The van der Waals surface area contributed by atoms with Crippen LogP contribution in [0.1, 0.15) is 17.5 Å². The molecular formula is C15H15BrCl2S. The Hall–Kier alpha value is -0.0200. The molecular weight excluding hydrogens is 363 g/mol. The topological polar surface area (TPSA) is 0 Å². The van der Waals surface area contributed by atoms with Crippen LogP contribution >= 0.6 is 50.5 Å².